The number of aliphatic hydroxyl groups is 1. The van der Waals surface area contributed by atoms with Crippen LogP contribution in [-0.2, 0) is 6.54 Å². The monoisotopic (exact) mass is 215 g/mol. The van der Waals surface area contributed by atoms with Gasteiger partial charge in [0.2, 0.25) is 0 Å². The molecule has 0 radical (unpaired) electrons. The Balaban J connectivity index is 2.57. The second-order valence-corrected chi connectivity index (χ2v) is 3.49. The van der Waals surface area contributed by atoms with Crippen LogP contribution in [0, 0.1) is 11.6 Å². The minimum atomic E-state index is -0.543. The van der Waals surface area contributed by atoms with Gasteiger partial charge in [0.25, 0.3) is 0 Å². The maximum atomic E-state index is 13.2. The summed E-state index contributed by atoms with van der Waals surface area (Å²) in [6, 6.07) is 3.84. The zero-order chi connectivity index (χ0) is 11.3. The van der Waals surface area contributed by atoms with E-state index in [1.165, 1.54) is 18.2 Å². The minimum absolute atomic E-state index is 0.0361. The molecule has 2 N–H and O–H groups in total. The largest absolute Gasteiger partial charge is 0.396 e. The van der Waals surface area contributed by atoms with Gasteiger partial charge < -0.3 is 10.4 Å². The summed E-state index contributed by atoms with van der Waals surface area (Å²) in [5.41, 5.74) is 0.0438. The lowest BCUT2D eigenvalue weighted by Gasteiger charge is -2.13. The maximum absolute atomic E-state index is 13.2. The van der Waals surface area contributed by atoms with Crippen molar-refractivity contribution >= 4 is 0 Å². The summed E-state index contributed by atoms with van der Waals surface area (Å²) in [7, 11) is 0. The highest BCUT2D eigenvalue weighted by Gasteiger charge is 2.09. The molecule has 84 valence electrons. The number of hydrogen-bond donors (Lipinski definition) is 2. The second kappa shape index (κ2) is 5.78. The van der Waals surface area contributed by atoms with Crippen LogP contribution >= 0.6 is 0 Å². The van der Waals surface area contributed by atoms with Crippen molar-refractivity contribution < 1.29 is 13.9 Å². The van der Waals surface area contributed by atoms with Crippen LogP contribution in [0.3, 0.4) is 0 Å². The van der Waals surface area contributed by atoms with E-state index in [1.807, 2.05) is 6.92 Å². The van der Waals surface area contributed by atoms with Crippen molar-refractivity contribution in [3.8, 4) is 0 Å². The van der Waals surface area contributed by atoms with Gasteiger partial charge in [0.05, 0.1) is 0 Å². The Bertz CT molecular complexity index is 297. The fourth-order valence-corrected chi connectivity index (χ4v) is 1.27. The van der Waals surface area contributed by atoms with Gasteiger partial charge in [-0.15, -0.1) is 0 Å². The normalized spacial score (nSPS) is 12.8. The van der Waals surface area contributed by atoms with E-state index in [0.717, 1.165) is 0 Å². The molecule has 0 saturated heterocycles. The Hall–Kier alpha value is -1.00. The van der Waals surface area contributed by atoms with Gasteiger partial charge in [-0.05, 0) is 25.5 Å². The van der Waals surface area contributed by atoms with Crippen LogP contribution in [0.15, 0.2) is 18.2 Å². The van der Waals surface area contributed by atoms with Crippen LogP contribution in [0.4, 0.5) is 8.78 Å². The first-order valence-electron chi connectivity index (χ1n) is 4.92. The highest BCUT2D eigenvalue weighted by Crippen LogP contribution is 2.11. The molecule has 0 aromatic heterocycles. The molecule has 0 bridgehead atoms. The topological polar surface area (TPSA) is 32.3 Å². The zero-order valence-electron chi connectivity index (χ0n) is 8.63. The van der Waals surface area contributed by atoms with Gasteiger partial charge >= 0.3 is 0 Å². The van der Waals surface area contributed by atoms with Crippen molar-refractivity contribution in [3.63, 3.8) is 0 Å². The highest BCUT2D eigenvalue weighted by molar-refractivity contribution is 5.19. The average Bonchev–Trinajstić information content (AvgIpc) is 2.17. The molecule has 0 saturated carbocycles. The molecule has 0 fully saturated rings. The van der Waals surface area contributed by atoms with Crippen molar-refractivity contribution in [2.75, 3.05) is 6.61 Å². The van der Waals surface area contributed by atoms with Crippen molar-refractivity contribution in [2.24, 2.45) is 0 Å². The molecule has 15 heavy (non-hydrogen) atoms. The van der Waals surface area contributed by atoms with Gasteiger partial charge in [-0.3, -0.25) is 0 Å². The third-order valence-electron chi connectivity index (χ3n) is 2.25. The van der Waals surface area contributed by atoms with Crippen molar-refractivity contribution in [3.05, 3.63) is 35.4 Å². The first-order chi connectivity index (χ1) is 7.15. The molecule has 0 spiro atoms. The van der Waals surface area contributed by atoms with Gasteiger partial charge in [0.1, 0.15) is 11.6 Å². The third-order valence-corrected chi connectivity index (χ3v) is 2.25. The quantitative estimate of drug-likeness (QED) is 0.785. The van der Waals surface area contributed by atoms with E-state index in [1.54, 1.807) is 0 Å². The summed E-state index contributed by atoms with van der Waals surface area (Å²) in [6.07, 6.45) is 0.566. The lowest BCUT2D eigenvalue weighted by Crippen LogP contribution is -2.27. The lowest BCUT2D eigenvalue weighted by atomic mass is 10.1. The van der Waals surface area contributed by atoms with E-state index >= 15 is 0 Å². The van der Waals surface area contributed by atoms with E-state index in [2.05, 4.69) is 5.32 Å². The van der Waals surface area contributed by atoms with Crippen LogP contribution in [0.1, 0.15) is 18.9 Å². The van der Waals surface area contributed by atoms with Crippen LogP contribution in [0.5, 0.6) is 0 Å². The molecule has 1 rings (SSSR count). The molecule has 1 atom stereocenters. The Labute approximate surface area is 87.9 Å². The zero-order valence-corrected chi connectivity index (χ0v) is 8.63. The number of hydrogen-bond acceptors (Lipinski definition) is 2. The van der Waals surface area contributed by atoms with Crippen molar-refractivity contribution in [2.45, 2.75) is 25.9 Å². The molecule has 0 aliphatic rings. The molecular formula is C11H15F2NO. The van der Waals surface area contributed by atoms with Crippen molar-refractivity contribution in [1.29, 1.82) is 0 Å². The number of halogens is 2. The SMILES string of the molecule is C[C@H](CCO)NCc1c(F)cccc1F. The van der Waals surface area contributed by atoms with E-state index in [9.17, 15) is 8.78 Å². The van der Waals surface area contributed by atoms with Gasteiger partial charge in [-0.1, -0.05) is 6.07 Å². The second-order valence-electron chi connectivity index (χ2n) is 3.49. The molecule has 1 aromatic rings. The van der Waals surface area contributed by atoms with Gasteiger partial charge in [0.15, 0.2) is 0 Å². The minimum Gasteiger partial charge on any atom is -0.396 e. The highest BCUT2D eigenvalue weighted by atomic mass is 19.1. The average molecular weight is 215 g/mol. The molecule has 0 unspecified atom stereocenters. The Morgan fingerprint density at radius 1 is 1.33 bits per heavy atom. The molecule has 0 aliphatic carbocycles. The van der Waals surface area contributed by atoms with Gasteiger partial charge in [-0.25, -0.2) is 8.78 Å². The summed E-state index contributed by atoms with van der Waals surface area (Å²) < 4.78 is 26.3. The number of nitrogens with one attached hydrogen (secondary N) is 1. The molecule has 4 heteroatoms. The summed E-state index contributed by atoms with van der Waals surface area (Å²) in [5.74, 6) is -1.09. The summed E-state index contributed by atoms with van der Waals surface area (Å²) >= 11 is 0. The first-order valence-corrected chi connectivity index (χ1v) is 4.92. The predicted molar refractivity (Wildman–Crippen MR) is 54.4 cm³/mol. The molecule has 1 aromatic carbocycles. The van der Waals surface area contributed by atoms with E-state index < -0.39 is 11.6 Å². The van der Waals surface area contributed by atoms with Crippen LogP contribution in [0.2, 0.25) is 0 Å². The molecule has 0 aliphatic heterocycles. The molecule has 0 amide bonds. The van der Waals surface area contributed by atoms with Gasteiger partial charge in [-0.2, -0.15) is 0 Å². The number of benzene rings is 1. The summed E-state index contributed by atoms with van der Waals surface area (Å²) in [5, 5.41) is 11.6. The Kier molecular flexibility index (Phi) is 4.65. The third kappa shape index (κ3) is 3.57. The number of rotatable bonds is 5. The van der Waals surface area contributed by atoms with Crippen molar-refractivity contribution in [1.82, 2.24) is 5.32 Å². The molecule has 0 heterocycles. The smallest absolute Gasteiger partial charge is 0.130 e. The van der Waals surface area contributed by atoms with Gasteiger partial charge in [0, 0.05) is 24.8 Å². The Morgan fingerprint density at radius 3 is 2.47 bits per heavy atom. The fourth-order valence-electron chi connectivity index (χ4n) is 1.27. The Morgan fingerprint density at radius 2 is 1.93 bits per heavy atom. The van der Waals surface area contributed by atoms with E-state index in [0.29, 0.717) is 6.42 Å². The van der Waals surface area contributed by atoms with Crippen LogP contribution in [0.25, 0.3) is 0 Å². The van der Waals surface area contributed by atoms with E-state index in [4.69, 9.17) is 5.11 Å². The predicted octanol–water partition coefficient (Wildman–Crippen LogP) is 1.83. The van der Waals surface area contributed by atoms with Crippen LogP contribution < -0.4 is 5.32 Å². The standard InChI is InChI=1S/C11H15F2NO/c1-8(5-6-15)14-7-9-10(12)3-2-4-11(9)13/h2-4,8,14-15H,5-7H2,1H3/t8-/m1/s1. The molecule has 2 nitrogen and oxygen atoms in total. The maximum Gasteiger partial charge on any atom is 0.130 e. The summed E-state index contributed by atoms with van der Waals surface area (Å²) in [6.45, 7) is 2.06. The van der Waals surface area contributed by atoms with E-state index in [-0.39, 0.29) is 24.8 Å². The van der Waals surface area contributed by atoms with Crippen LogP contribution in [-0.4, -0.2) is 17.8 Å². The summed E-state index contributed by atoms with van der Waals surface area (Å²) in [4.78, 5) is 0. The first kappa shape index (κ1) is 12.1. The molecular weight excluding hydrogens is 200 g/mol. The number of aliphatic hydroxyl groups excluding tert-OH is 1. The lowest BCUT2D eigenvalue weighted by molar-refractivity contribution is 0.268. The fraction of sp³-hybridized carbons (Fsp3) is 0.455.